The van der Waals surface area contributed by atoms with E-state index >= 15 is 0 Å². The van der Waals surface area contributed by atoms with Gasteiger partial charge in [0.05, 0.1) is 5.56 Å². The van der Waals surface area contributed by atoms with Gasteiger partial charge in [0.1, 0.15) is 11.5 Å². The third kappa shape index (κ3) is 11.0. The lowest BCUT2D eigenvalue weighted by Crippen LogP contribution is -2.05. The predicted molar refractivity (Wildman–Crippen MR) is 128 cm³/mol. The van der Waals surface area contributed by atoms with Crippen LogP contribution in [0.25, 0.3) is 0 Å². The average molecular weight is 419 g/mol. The molecule has 1 aromatic carbocycles. The van der Waals surface area contributed by atoms with Gasteiger partial charge in [-0.1, -0.05) is 110 Å². The van der Waals surface area contributed by atoms with E-state index < -0.39 is 0 Å². The lowest BCUT2D eigenvalue weighted by Gasteiger charge is -2.12. The van der Waals surface area contributed by atoms with Crippen molar-refractivity contribution in [3.8, 4) is 11.5 Å². The van der Waals surface area contributed by atoms with E-state index in [9.17, 15) is 15.0 Å². The molecule has 0 bridgehead atoms. The number of hydrogen-bond acceptors (Lipinski definition) is 3. The summed E-state index contributed by atoms with van der Waals surface area (Å²) in [5.41, 5.74) is 0.936. The van der Waals surface area contributed by atoms with Crippen molar-refractivity contribution in [3.05, 3.63) is 23.3 Å². The molecule has 3 heteroatoms. The normalized spacial score (nSPS) is 11.1. The highest BCUT2D eigenvalue weighted by molar-refractivity contribution is 6.00. The zero-order valence-corrected chi connectivity index (χ0v) is 19.7. The Kier molecular flexibility index (Phi) is 15.2. The molecular formula is C27H46O3. The molecular weight excluding hydrogens is 372 g/mol. The molecule has 0 radical (unpaired) electrons. The Hall–Kier alpha value is -1.51. The Balaban J connectivity index is 2.06. The quantitative estimate of drug-likeness (QED) is 0.134. The van der Waals surface area contributed by atoms with Crippen LogP contribution in [0.15, 0.2) is 12.1 Å². The summed E-state index contributed by atoms with van der Waals surface area (Å²) in [6.45, 7) is 4.28. The largest absolute Gasteiger partial charge is 0.508 e. The lowest BCUT2D eigenvalue weighted by molar-refractivity contribution is 0.0975. The maximum absolute atomic E-state index is 12.6. The van der Waals surface area contributed by atoms with Gasteiger partial charge in [-0.15, -0.1) is 0 Å². The Bertz CT molecular complexity index is 580. The van der Waals surface area contributed by atoms with Gasteiger partial charge in [0.25, 0.3) is 0 Å². The Labute approximate surface area is 185 Å². The summed E-state index contributed by atoms with van der Waals surface area (Å²) in [6.07, 6.45) is 21.4. The van der Waals surface area contributed by atoms with Gasteiger partial charge in [-0.25, -0.2) is 0 Å². The minimum Gasteiger partial charge on any atom is -0.508 e. The fourth-order valence-electron chi connectivity index (χ4n) is 4.22. The topological polar surface area (TPSA) is 57.5 Å². The number of rotatable bonds is 19. The Morgan fingerprint density at radius 3 is 1.53 bits per heavy atom. The van der Waals surface area contributed by atoms with Crippen molar-refractivity contribution in [2.24, 2.45) is 0 Å². The molecule has 172 valence electrons. The Morgan fingerprint density at radius 2 is 1.07 bits per heavy atom. The fourth-order valence-corrected chi connectivity index (χ4v) is 4.22. The molecule has 30 heavy (non-hydrogen) atoms. The van der Waals surface area contributed by atoms with Gasteiger partial charge in [0, 0.05) is 12.0 Å². The van der Waals surface area contributed by atoms with Crippen molar-refractivity contribution in [2.45, 2.75) is 129 Å². The first-order valence-corrected chi connectivity index (χ1v) is 12.7. The molecule has 0 aliphatic carbocycles. The van der Waals surface area contributed by atoms with Crippen LogP contribution in [0.2, 0.25) is 0 Å². The van der Waals surface area contributed by atoms with E-state index in [1.54, 1.807) is 0 Å². The zero-order valence-electron chi connectivity index (χ0n) is 19.7. The molecule has 0 atom stereocenters. The number of unbranched alkanes of at least 4 members (excludes halogenated alkanes) is 14. The van der Waals surface area contributed by atoms with Crippen LogP contribution in [0.1, 0.15) is 139 Å². The number of phenolic OH excluding ortho intramolecular Hbond substituents is 2. The molecule has 0 fully saturated rings. The number of carbonyl (C=O) groups is 1. The van der Waals surface area contributed by atoms with Crippen molar-refractivity contribution >= 4 is 5.78 Å². The van der Waals surface area contributed by atoms with E-state index in [2.05, 4.69) is 6.92 Å². The highest BCUT2D eigenvalue weighted by Crippen LogP contribution is 2.31. The summed E-state index contributed by atoms with van der Waals surface area (Å²) >= 11 is 0. The molecule has 2 N–H and O–H groups in total. The molecule has 0 heterocycles. The standard InChI is InChI=1S/C27H46O3/c1-3-5-6-7-8-9-10-11-12-13-14-15-16-17-18-20-25(29)27-23(19-4-2)24(28)21-22-26(27)30/h21-22,28,30H,3-20H2,1-2H3. The summed E-state index contributed by atoms with van der Waals surface area (Å²) in [7, 11) is 0. The van der Waals surface area contributed by atoms with Crippen LogP contribution in [-0.4, -0.2) is 16.0 Å². The molecule has 3 nitrogen and oxygen atoms in total. The van der Waals surface area contributed by atoms with Crippen molar-refractivity contribution in [3.63, 3.8) is 0 Å². The number of phenols is 2. The monoisotopic (exact) mass is 418 g/mol. The summed E-state index contributed by atoms with van der Waals surface area (Å²) in [5, 5.41) is 20.1. The van der Waals surface area contributed by atoms with Crippen molar-refractivity contribution < 1.29 is 15.0 Å². The van der Waals surface area contributed by atoms with Crippen LogP contribution >= 0.6 is 0 Å². The third-order valence-corrected chi connectivity index (χ3v) is 6.05. The van der Waals surface area contributed by atoms with Crippen LogP contribution in [0.4, 0.5) is 0 Å². The summed E-state index contributed by atoms with van der Waals surface area (Å²) in [6, 6.07) is 2.90. The van der Waals surface area contributed by atoms with Crippen molar-refractivity contribution in [2.75, 3.05) is 0 Å². The lowest BCUT2D eigenvalue weighted by atomic mass is 9.95. The van der Waals surface area contributed by atoms with Crippen LogP contribution < -0.4 is 0 Å². The second-order valence-electron chi connectivity index (χ2n) is 8.83. The van der Waals surface area contributed by atoms with E-state index in [0.717, 1.165) is 19.3 Å². The van der Waals surface area contributed by atoms with Crippen LogP contribution in [0, 0.1) is 0 Å². The first kappa shape index (κ1) is 26.5. The van der Waals surface area contributed by atoms with E-state index in [0.29, 0.717) is 24.0 Å². The molecule has 0 saturated carbocycles. The third-order valence-electron chi connectivity index (χ3n) is 6.05. The van der Waals surface area contributed by atoms with Gasteiger partial charge < -0.3 is 10.2 Å². The summed E-state index contributed by atoms with van der Waals surface area (Å²) in [4.78, 5) is 12.6. The van der Waals surface area contributed by atoms with Crippen molar-refractivity contribution in [1.82, 2.24) is 0 Å². The molecule has 0 unspecified atom stereocenters. The molecule has 1 rings (SSSR count). The second kappa shape index (κ2) is 17.2. The van der Waals surface area contributed by atoms with Crippen molar-refractivity contribution in [1.29, 1.82) is 0 Å². The van der Waals surface area contributed by atoms with E-state index in [4.69, 9.17) is 0 Å². The number of benzene rings is 1. The number of carbonyl (C=O) groups excluding carboxylic acids is 1. The molecule has 0 spiro atoms. The van der Waals surface area contributed by atoms with E-state index in [-0.39, 0.29) is 17.3 Å². The Morgan fingerprint density at radius 1 is 0.633 bits per heavy atom. The minimum absolute atomic E-state index is 0.00205. The van der Waals surface area contributed by atoms with Crippen LogP contribution in [0.3, 0.4) is 0 Å². The first-order valence-electron chi connectivity index (χ1n) is 12.7. The van der Waals surface area contributed by atoms with Gasteiger partial charge in [0.2, 0.25) is 0 Å². The molecule has 0 aliphatic heterocycles. The second-order valence-corrected chi connectivity index (χ2v) is 8.83. The number of ketones is 1. The zero-order chi connectivity index (χ0) is 22.0. The molecule has 0 aliphatic rings. The summed E-state index contributed by atoms with van der Waals surface area (Å²) < 4.78 is 0. The molecule has 0 aromatic heterocycles. The SMILES string of the molecule is CCCCCCCCCCCCCCCCCC(=O)c1c(O)ccc(O)c1CCC. The van der Waals surface area contributed by atoms with Gasteiger partial charge in [-0.05, 0) is 25.0 Å². The van der Waals surface area contributed by atoms with Crippen LogP contribution in [0.5, 0.6) is 11.5 Å². The minimum atomic E-state index is -0.0402. The van der Waals surface area contributed by atoms with E-state index in [1.165, 1.54) is 95.6 Å². The summed E-state index contributed by atoms with van der Waals surface area (Å²) in [5.74, 6) is 0.0817. The fraction of sp³-hybridized carbons (Fsp3) is 0.741. The van der Waals surface area contributed by atoms with Gasteiger partial charge in [-0.3, -0.25) is 4.79 Å². The highest BCUT2D eigenvalue weighted by atomic mass is 16.3. The smallest absolute Gasteiger partial charge is 0.167 e. The van der Waals surface area contributed by atoms with Gasteiger partial charge in [0.15, 0.2) is 5.78 Å². The maximum atomic E-state index is 12.6. The van der Waals surface area contributed by atoms with E-state index in [1.807, 2.05) is 6.92 Å². The number of hydrogen-bond donors (Lipinski definition) is 2. The highest BCUT2D eigenvalue weighted by Gasteiger charge is 2.18. The predicted octanol–water partition coefficient (Wildman–Crippen LogP) is 8.49. The number of aromatic hydroxyl groups is 2. The number of Topliss-reactive ketones (excluding diaryl/α,β-unsaturated/α-hetero) is 1. The van der Waals surface area contributed by atoms with Gasteiger partial charge in [-0.2, -0.15) is 0 Å². The maximum Gasteiger partial charge on any atom is 0.167 e. The average Bonchev–Trinajstić information content (AvgIpc) is 2.73. The molecule has 0 saturated heterocycles. The molecule has 0 amide bonds. The first-order chi connectivity index (χ1) is 14.6. The molecule has 1 aromatic rings. The van der Waals surface area contributed by atoms with Gasteiger partial charge >= 0.3 is 0 Å². The van der Waals surface area contributed by atoms with Crippen LogP contribution in [-0.2, 0) is 6.42 Å².